The molecule has 1 aliphatic heterocycles. The lowest BCUT2D eigenvalue weighted by atomic mass is 9.89. The van der Waals surface area contributed by atoms with Crippen LogP contribution in [0.5, 0.6) is 0 Å². The fourth-order valence-corrected chi connectivity index (χ4v) is 2.91. The van der Waals surface area contributed by atoms with Gasteiger partial charge in [-0.25, -0.2) is 0 Å². The fraction of sp³-hybridized carbons (Fsp3) is 0.562. The summed E-state index contributed by atoms with van der Waals surface area (Å²) in [5, 5.41) is 13.0. The minimum Gasteiger partial charge on any atom is -0.296 e. The van der Waals surface area contributed by atoms with Crippen molar-refractivity contribution in [3.63, 3.8) is 0 Å². The summed E-state index contributed by atoms with van der Waals surface area (Å²) in [6, 6.07) is 13.3. The van der Waals surface area contributed by atoms with E-state index in [1.807, 2.05) is 6.07 Å². The lowest BCUT2D eigenvalue weighted by molar-refractivity contribution is 0.142. The summed E-state index contributed by atoms with van der Waals surface area (Å²) in [6.07, 6.45) is 2.03. The second-order valence-corrected chi connectivity index (χ2v) is 5.79. The highest BCUT2D eigenvalue weighted by atomic mass is 15.2. The number of nitrogens with one attached hydrogen (secondary N) is 1. The summed E-state index contributed by atoms with van der Waals surface area (Å²) in [5.41, 5.74) is 0.946. The summed E-state index contributed by atoms with van der Waals surface area (Å²) in [7, 11) is 0. The van der Waals surface area contributed by atoms with Crippen LogP contribution in [0.15, 0.2) is 30.3 Å². The Morgan fingerprint density at radius 2 is 2.11 bits per heavy atom. The molecule has 1 heterocycles. The molecule has 3 nitrogen and oxygen atoms in total. The van der Waals surface area contributed by atoms with E-state index < -0.39 is 0 Å². The molecular formula is C16H23N3. The van der Waals surface area contributed by atoms with Crippen LogP contribution in [0.25, 0.3) is 0 Å². The van der Waals surface area contributed by atoms with Crippen molar-refractivity contribution in [2.24, 2.45) is 0 Å². The van der Waals surface area contributed by atoms with E-state index in [-0.39, 0.29) is 5.54 Å². The minimum absolute atomic E-state index is 0.344. The largest absolute Gasteiger partial charge is 0.296 e. The molecule has 3 heteroatoms. The van der Waals surface area contributed by atoms with Gasteiger partial charge in [0.2, 0.25) is 0 Å². The van der Waals surface area contributed by atoms with Crippen LogP contribution in [0.4, 0.5) is 0 Å². The second kappa shape index (κ2) is 6.18. The van der Waals surface area contributed by atoms with Crippen LogP contribution >= 0.6 is 0 Å². The van der Waals surface area contributed by atoms with Gasteiger partial charge in [-0.15, -0.1) is 0 Å². The Hall–Kier alpha value is -1.37. The van der Waals surface area contributed by atoms with Crippen LogP contribution in [0.3, 0.4) is 0 Å². The molecule has 2 rings (SSSR count). The first-order chi connectivity index (χ1) is 9.13. The molecule has 0 radical (unpaired) electrons. The first-order valence-electron chi connectivity index (χ1n) is 7.09. The van der Waals surface area contributed by atoms with E-state index in [9.17, 15) is 5.26 Å². The number of likely N-dealkylation sites (tertiary alicyclic amines) is 1. The Labute approximate surface area is 116 Å². The van der Waals surface area contributed by atoms with Crippen LogP contribution in [0, 0.1) is 11.3 Å². The van der Waals surface area contributed by atoms with Crippen LogP contribution < -0.4 is 5.32 Å². The molecule has 0 aromatic heterocycles. The standard InChI is InChI=1S/C16H23N3/c1-14(2)18-16(12-17)9-6-10-19(13-16)11-15-7-4-3-5-8-15/h3-5,7-8,14,18H,6,9-11,13H2,1-2H3. The summed E-state index contributed by atoms with van der Waals surface area (Å²) >= 11 is 0. The number of rotatable bonds is 4. The van der Waals surface area contributed by atoms with Gasteiger partial charge in [0, 0.05) is 19.1 Å². The van der Waals surface area contributed by atoms with E-state index in [0.29, 0.717) is 6.04 Å². The van der Waals surface area contributed by atoms with Gasteiger partial charge < -0.3 is 0 Å². The molecule has 0 spiro atoms. The van der Waals surface area contributed by atoms with Gasteiger partial charge in [0.15, 0.2) is 0 Å². The van der Waals surface area contributed by atoms with Gasteiger partial charge >= 0.3 is 0 Å². The molecular weight excluding hydrogens is 234 g/mol. The highest BCUT2D eigenvalue weighted by Gasteiger charge is 2.35. The molecule has 1 fully saturated rings. The van der Waals surface area contributed by atoms with Crippen molar-refractivity contribution in [1.29, 1.82) is 5.26 Å². The average Bonchev–Trinajstić information content (AvgIpc) is 2.39. The lowest BCUT2D eigenvalue weighted by Crippen LogP contribution is -2.57. The monoisotopic (exact) mass is 257 g/mol. The zero-order valence-corrected chi connectivity index (χ0v) is 11.9. The zero-order chi connectivity index (χ0) is 13.7. The molecule has 0 saturated carbocycles. The van der Waals surface area contributed by atoms with E-state index in [1.165, 1.54) is 5.56 Å². The number of hydrogen-bond acceptors (Lipinski definition) is 3. The SMILES string of the molecule is CC(C)NC1(C#N)CCCN(Cc2ccccc2)C1. The maximum Gasteiger partial charge on any atom is 0.119 e. The van der Waals surface area contributed by atoms with Crippen molar-refractivity contribution >= 4 is 0 Å². The fourth-order valence-electron chi connectivity index (χ4n) is 2.91. The average molecular weight is 257 g/mol. The Morgan fingerprint density at radius 1 is 1.37 bits per heavy atom. The van der Waals surface area contributed by atoms with Crippen molar-refractivity contribution in [3.05, 3.63) is 35.9 Å². The molecule has 1 N–H and O–H groups in total. The van der Waals surface area contributed by atoms with Gasteiger partial charge in [0.05, 0.1) is 6.07 Å². The van der Waals surface area contributed by atoms with E-state index >= 15 is 0 Å². The van der Waals surface area contributed by atoms with E-state index in [1.54, 1.807) is 0 Å². The Kier molecular flexibility index (Phi) is 4.57. The van der Waals surface area contributed by atoms with Crippen molar-refractivity contribution in [1.82, 2.24) is 10.2 Å². The van der Waals surface area contributed by atoms with Gasteiger partial charge in [0.1, 0.15) is 5.54 Å². The zero-order valence-electron chi connectivity index (χ0n) is 11.9. The number of benzene rings is 1. The lowest BCUT2D eigenvalue weighted by Gasteiger charge is -2.40. The van der Waals surface area contributed by atoms with E-state index in [2.05, 4.69) is 54.4 Å². The van der Waals surface area contributed by atoms with Crippen molar-refractivity contribution in [2.45, 2.75) is 44.8 Å². The molecule has 0 bridgehead atoms. The second-order valence-electron chi connectivity index (χ2n) is 5.79. The highest BCUT2D eigenvalue weighted by Crippen LogP contribution is 2.22. The quantitative estimate of drug-likeness (QED) is 0.901. The molecule has 0 aliphatic carbocycles. The predicted octanol–water partition coefficient (Wildman–Crippen LogP) is 2.54. The van der Waals surface area contributed by atoms with Crippen molar-refractivity contribution in [2.75, 3.05) is 13.1 Å². The third kappa shape index (κ3) is 3.79. The molecule has 1 saturated heterocycles. The number of piperidine rings is 1. The first kappa shape index (κ1) is 14.0. The van der Waals surface area contributed by atoms with Gasteiger partial charge in [-0.2, -0.15) is 5.26 Å². The summed E-state index contributed by atoms with van der Waals surface area (Å²) in [5.74, 6) is 0. The van der Waals surface area contributed by atoms with Crippen LogP contribution in [0.2, 0.25) is 0 Å². The van der Waals surface area contributed by atoms with Gasteiger partial charge in [0.25, 0.3) is 0 Å². The van der Waals surface area contributed by atoms with Crippen LogP contribution in [-0.2, 0) is 6.54 Å². The molecule has 1 aromatic rings. The van der Waals surface area contributed by atoms with E-state index in [0.717, 1.165) is 32.5 Å². The molecule has 0 amide bonds. The van der Waals surface area contributed by atoms with Gasteiger partial charge in [-0.1, -0.05) is 30.3 Å². The van der Waals surface area contributed by atoms with Crippen molar-refractivity contribution < 1.29 is 0 Å². The van der Waals surface area contributed by atoms with Gasteiger partial charge in [-0.05, 0) is 38.8 Å². The third-order valence-electron chi connectivity index (χ3n) is 3.60. The normalized spacial score (nSPS) is 24.3. The van der Waals surface area contributed by atoms with Crippen LogP contribution in [0.1, 0.15) is 32.3 Å². The maximum atomic E-state index is 9.54. The third-order valence-corrected chi connectivity index (χ3v) is 3.60. The summed E-state index contributed by atoms with van der Waals surface area (Å²) < 4.78 is 0. The molecule has 19 heavy (non-hydrogen) atoms. The number of nitrogens with zero attached hydrogens (tertiary/aromatic N) is 2. The molecule has 1 unspecified atom stereocenters. The summed E-state index contributed by atoms with van der Waals surface area (Å²) in [4.78, 5) is 2.39. The number of nitriles is 1. The van der Waals surface area contributed by atoms with Gasteiger partial charge in [-0.3, -0.25) is 10.2 Å². The first-order valence-corrected chi connectivity index (χ1v) is 7.09. The van der Waals surface area contributed by atoms with E-state index in [4.69, 9.17) is 0 Å². The smallest absolute Gasteiger partial charge is 0.119 e. The Morgan fingerprint density at radius 3 is 2.74 bits per heavy atom. The predicted molar refractivity (Wildman–Crippen MR) is 77.6 cm³/mol. The minimum atomic E-state index is -0.374. The number of hydrogen-bond donors (Lipinski definition) is 1. The summed E-state index contributed by atoms with van der Waals surface area (Å²) in [6.45, 7) is 7.04. The molecule has 1 atom stereocenters. The molecule has 1 aromatic carbocycles. The molecule has 102 valence electrons. The van der Waals surface area contributed by atoms with Crippen LogP contribution in [-0.4, -0.2) is 29.6 Å². The maximum absolute atomic E-state index is 9.54. The topological polar surface area (TPSA) is 39.1 Å². The van der Waals surface area contributed by atoms with Crippen molar-refractivity contribution in [3.8, 4) is 6.07 Å². The highest BCUT2D eigenvalue weighted by molar-refractivity contribution is 5.16. The Balaban J connectivity index is 2.02. The Bertz CT molecular complexity index is 435. The molecule has 1 aliphatic rings.